The van der Waals surface area contributed by atoms with E-state index in [0.717, 1.165) is 45.7 Å². The zero-order chi connectivity index (χ0) is 52.2. The molecule has 0 aliphatic rings. The van der Waals surface area contributed by atoms with Crippen LogP contribution in [0, 0.1) is 6.92 Å². The Balaban J connectivity index is 1.75. The number of aromatic carboxylic acids is 1. The van der Waals surface area contributed by atoms with Crippen molar-refractivity contribution in [3.05, 3.63) is 65.8 Å². The number of aryl methyl sites for hydroxylation is 1. The molecule has 2 aromatic heterocycles. The summed E-state index contributed by atoms with van der Waals surface area (Å²) in [6.07, 6.45) is 0.504. The largest absolute Gasteiger partial charge is 0.488 e. The minimum absolute atomic E-state index is 0.0699. The first kappa shape index (κ1) is 54.7. The van der Waals surface area contributed by atoms with E-state index in [1.54, 1.807) is 19.1 Å². The van der Waals surface area contributed by atoms with Crippen LogP contribution in [0.4, 0.5) is 11.4 Å². The summed E-state index contributed by atoms with van der Waals surface area (Å²) in [7, 11) is 0. The minimum Gasteiger partial charge on any atom is -0.488 e. The lowest BCUT2D eigenvalue weighted by atomic mass is 10.1. The van der Waals surface area contributed by atoms with E-state index in [0.29, 0.717) is 5.56 Å². The Hall–Kier alpha value is -8.91. The Bertz CT molecular complexity index is 2530. The number of benzene rings is 2. The number of carbonyl (C=O) groups is 10. The highest BCUT2D eigenvalue weighted by molar-refractivity contribution is 5.93. The van der Waals surface area contributed by atoms with Gasteiger partial charge in [-0.3, -0.25) is 43.2 Å². The summed E-state index contributed by atoms with van der Waals surface area (Å²) in [6, 6.07) is 7.47. The van der Waals surface area contributed by atoms with Crippen LogP contribution >= 0.6 is 0 Å². The fourth-order valence-corrected chi connectivity index (χ4v) is 5.81. The van der Waals surface area contributed by atoms with Crippen LogP contribution in [0.1, 0.15) is 68.5 Å². The Morgan fingerprint density at radius 3 is 1.46 bits per heavy atom. The summed E-state index contributed by atoms with van der Waals surface area (Å²) in [4.78, 5) is 128. The maximum Gasteiger partial charge on any atom is 0.373 e. The Labute approximate surface area is 401 Å². The number of carboxylic acid groups (broad SMARTS) is 1. The summed E-state index contributed by atoms with van der Waals surface area (Å²) in [6.45, 7) is 0.754. The van der Waals surface area contributed by atoms with E-state index < -0.39 is 131 Å². The van der Waals surface area contributed by atoms with Crippen molar-refractivity contribution in [3.8, 4) is 11.5 Å². The van der Waals surface area contributed by atoms with Gasteiger partial charge in [0.25, 0.3) is 0 Å². The number of ether oxygens (including phenoxy) is 11. The maximum absolute atomic E-state index is 13.2. The lowest BCUT2D eigenvalue weighted by Crippen LogP contribution is -2.37. The average Bonchev–Trinajstić information content (AvgIpc) is 3.94. The molecule has 0 aliphatic carbocycles. The number of aromatic nitrogens is 1. The molecule has 0 saturated carbocycles. The Kier molecular flexibility index (Phi) is 20.5. The number of carbonyl (C=O) groups excluding carboxylic acids is 9. The molecule has 4 aromatic rings. The molecule has 2 heterocycles. The first-order chi connectivity index (χ1) is 33.7. The summed E-state index contributed by atoms with van der Waals surface area (Å²) >= 11 is 0. The van der Waals surface area contributed by atoms with Crippen molar-refractivity contribution in [1.82, 2.24) is 4.98 Å². The molecule has 71 heavy (non-hydrogen) atoms. The predicted octanol–water partition coefficient (Wildman–Crippen LogP) is 2.41. The number of nitrogens with zero attached hydrogens (tertiary/aromatic N) is 3. The third kappa shape index (κ3) is 17.9. The first-order valence-electron chi connectivity index (χ1n) is 20.6. The third-order valence-corrected chi connectivity index (χ3v) is 8.79. The van der Waals surface area contributed by atoms with Crippen LogP contribution in [0.5, 0.6) is 11.5 Å². The number of carboxylic acids is 1. The second-order valence-corrected chi connectivity index (χ2v) is 14.3. The molecular formula is C44H47N3O24. The van der Waals surface area contributed by atoms with Gasteiger partial charge >= 0.3 is 59.7 Å². The van der Waals surface area contributed by atoms with Crippen LogP contribution in [0.2, 0.25) is 0 Å². The summed E-state index contributed by atoms with van der Waals surface area (Å²) in [5, 5.41) is 9.83. The molecule has 0 aliphatic heterocycles. The van der Waals surface area contributed by atoms with Gasteiger partial charge in [-0.05, 0) is 36.8 Å². The van der Waals surface area contributed by atoms with Crippen molar-refractivity contribution in [3.63, 3.8) is 0 Å². The molecule has 1 atom stereocenters. The zero-order valence-electron chi connectivity index (χ0n) is 38.9. The van der Waals surface area contributed by atoms with E-state index in [1.807, 2.05) is 0 Å². The van der Waals surface area contributed by atoms with Crippen molar-refractivity contribution >= 4 is 81.8 Å². The van der Waals surface area contributed by atoms with Crippen molar-refractivity contribution in [2.75, 3.05) is 76.4 Å². The molecule has 27 nitrogen and oxygen atoms in total. The molecule has 2 aromatic carbocycles. The fraction of sp³-hybridized carbons (Fsp3) is 0.386. The molecule has 0 radical (unpaired) electrons. The van der Waals surface area contributed by atoms with Crippen LogP contribution in [0.3, 0.4) is 0 Å². The second-order valence-electron chi connectivity index (χ2n) is 14.3. The van der Waals surface area contributed by atoms with Gasteiger partial charge in [0.2, 0.25) is 44.9 Å². The van der Waals surface area contributed by atoms with Gasteiger partial charge in [0.05, 0.1) is 23.8 Å². The number of hydrogen-bond acceptors (Lipinski definition) is 26. The van der Waals surface area contributed by atoms with E-state index in [9.17, 15) is 53.1 Å². The van der Waals surface area contributed by atoms with Gasteiger partial charge in [0, 0.05) is 45.4 Å². The van der Waals surface area contributed by atoms with E-state index in [4.69, 9.17) is 51.5 Å². The molecule has 1 N–H and O–H groups in total. The summed E-state index contributed by atoms with van der Waals surface area (Å²) < 4.78 is 67.7. The lowest BCUT2D eigenvalue weighted by molar-refractivity contribution is -0.167. The molecule has 27 heteroatoms. The molecule has 382 valence electrons. The number of anilines is 2. The zero-order valence-corrected chi connectivity index (χ0v) is 38.9. The Morgan fingerprint density at radius 1 is 0.592 bits per heavy atom. The smallest absolute Gasteiger partial charge is 0.373 e. The van der Waals surface area contributed by atoms with E-state index >= 15 is 0 Å². The van der Waals surface area contributed by atoms with Gasteiger partial charge in [0.1, 0.15) is 50.9 Å². The maximum atomic E-state index is 13.2. The normalized spacial score (nSPS) is 11.0. The van der Waals surface area contributed by atoms with Crippen LogP contribution in [0.25, 0.3) is 10.8 Å². The van der Waals surface area contributed by atoms with Gasteiger partial charge in [-0.1, -0.05) is 6.07 Å². The van der Waals surface area contributed by atoms with E-state index in [1.165, 1.54) is 29.4 Å². The predicted molar refractivity (Wildman–Crippen MR) is 231 cm³/mol. The molecular weight excluding hydrogens is 954 g/mol. The van der Waals surface area contributed by atoms with Crippen LogP contribution in [-0.2, 0) is 85.8 Å². The quantitative estimate of drug-likeness (QED) is 0.0388. The minimum atomic E-state index is -1.59. The van der Waals surface area contributed by atoms with Gasteiger partial charge in [-0.2, -0.15) is 0 Å². The average molecular weight is 1000 g/mol. The molecule has 0 fully saturated rings. The van der Waals surface area contributed by atoms with Gasteiger partial charge < -0.3 is 75.8 Å². The number of fused-ring (bicyclic) bond motifs is 1. The fourth-order valence-electron chi connectivity index (χ4n) is 5.81. The highest BCUT2D eigenvalue weighted by atomic mass is 16.7. The lowest BCUT2D eigenvalue weighted by Gasteiger charge is -2.26. The van der Waals surface area contributed by atoms with Crippen molar-refractivity contribution < 1.29 is 114 Å². The molecule has 0 bridgehead atoms. The molecule has 0 spiro atoms. The molecule has 0 saturated heterocycles. The number of oxazole rings is 1. The molecule has 4 rings (SSSR count). The van der Waals surface area contributed by atoms with Crippen molar-refractivity contribution in [2.45, 2.75) is 47.6 Å². The third-order valence-electron chi connectivity index (χ3n) is 8.79. The summed E-state index contributed by atoms with van der Waals surface area (Å²) in [5.74, 6) is -10.4. The monoisotopic (exact) mass is 1000 g/mol. The van der Waals surface area contributed by atoms with Crippen LogP contribution in [0.15, 0.2) is 51.6 Å². The molecule has 0 amide bonds. The molecule has 1 unspecified atom stereocenters. The number of furan rings is 1. The highest BCUT2D eigenvalue weighted by Crippen LogP contribution is 2.40. The summed E-state index contributed by atoms with van der Waals surface area (Å²) in [5.41, 5.74) is 0.749. The van der Waals surface area contributed by atoms with Crippen LogP contribution in [-0.4, -0.2) is 136 Å². The first-order valence-corrected chi connectivity index (χ1v) is 20.6. The Morgan fingerprint density at radius 2 is 1.04 bits per heavy atom. The van der Waals surface area contributed by atoms with Crippen molar-refractivity contribution in [2.24, 2.45) is 0 Å². The topological polar surface area (TPSA) is 338 Å². The van der Waals surface area contributed by atoms with Gasteiger partial charge in [0.15, 0.2) is 5.76 Å². The van der Waals surface area contributed by atoms with Crippen LogP contribution < -0.4 is 19.3 Å². The number of hydrogen-bond donors (Lipinski definition) is 1. The number of esters is 9. The highest BCUT2D eigenvalue weighted by Gasteiger charge is 2.32. The number of rotatable bonds is 27. The van der Waals surface area contributed by atoms with E-state index in [2.05, 4.69) is 14.5 Å². The standard InChI is InChI=1S/C44H47N3O24/c1-24-7-8-32(46(15-37(53)66-20-62-25(2)48)16-38(54)67-21-63-26(3)49)34(11-24)59-9-10-60-35-12-30-19-61-41(42(70-29(6)52)43-45-14-36(71-43)44(57)58)31(30)13-33(35)47(17-39(55)68-22-64-27(4)50)18-40(56)69-23-65-28(5)51/h7-8,11-14,19,42H,9-10,15-18,20-23H2,1-6H3,(H,57,58). The van der Waals surface area contributed by atoms with Gasteiger partial charge in [-0.25, -0.2) is 9.78 Å². The SMILES string of the molecule is CC(=O)OCOC(=O)CN(CC(=O)OCOC(C)=O)c1ccc(C)cc1OCCOc1cc2coc(C(OC(C)=O)c3ncc(C(=O)O)o3)c2cc1N(CC(=O)OCOC(C)=O)CC(=O)OCOC(C)=O. The van der Waals surface area contributed by atoms with Gasteiger partial charge in [-0.15, -0.1) is 0 Å². The second kappa shape index (κ2) is 26.6. The van der Waals surface area contributed by atoms with Crippen molar-refractivity contribution in [1.29, 1.82) is 0 Å². The van der Waals surface area contributed by atoms with E-state index in [-0.39, 0.29) is 52.6 Å².